The maximum absolute atomic E-state index is 10.8. The van der Waals surface area contributed by atoms with Crippen molar-refractivity contribution in [2.75, 3.05) is 18.1 Å². The molecule has 110 valence electrons. The van der Waals surface area contributed by atoms with Gasteiger partial charge in [0.25, 0.3) is 0 Å². The van der Waals surface area contributed by atoms with E-state index < -0.39 is 0 Å². The number of aliphatic hydroxyl groups is 1. The molecule has 3 atom stereocenters. The molecule has 2 saturated heterocycles. The quantitative estimate of drug-likeness (QED) is 0.905. The van der Waals surface area contributed by atoms with E-state index >= 15 is 0 Å². The van der Waals surface area contributed by atoms with Crippen molar-refractivity contribution in [2.45, 2.75) is 50.2 Å². The van der Waals surface area contributed by atoms with Gasteiger partial charge in [-0.2, -0.15) is 11.8 Å². The van der Waals surface area contributed by atoms with Crippen LogP contribution in [-0.4, -0.2) is 28.8 Å². The molecular weight excluding hydrogens is 288 g/mol. The van der Waals surface area contributed by atoms with Crippen molar-refractivity contribution < 1.29 is 9.84 Å². The summed E-state index contributed by atoms with van der Waals surface area (Å²) in [5.41, 5.74) is 1.58. The van der Waals surface area contributed by atoms with E-state index in [9.17, 15) is 5.11 Å². The Kier molecular flexibility index (Phi) is 3.62. The zero-order valence-corrected chi connectivity index (χ0v) is 13.4. The smallest absolute Gasteiger partial charge is 0.0912 e. The van der Waals surface area contributed by atoms with Crippen LogP contribution in [0.15, 0.2) is 6.07 Å². The highest BCUT2D eigenvalue weighted by molar-refractivity contribution is 7.99. The maximum atomic E-state index is 10.8. The van der Waals surface area contributed by atoms with Crippen molar-refractivity contribution in [3.05, 3.63) is 21.4 Å². The molecule has 3 aliphatic rings. The molecule has 0 radical (unpaired) electrons. The standard InChI is InChI=1S/C16H22O2S2/c17-15(14-8-11-2-1-3-13(11)20-14)12-4-6-18-16(9-12)5-7-19-10-16/h8,12,15,17H,1-7,9-10H2. The van der Waals surface area contributed by atoms with Crippen LogP contribution in [0.25, 0.3) is 0 Å². The van der Waals surface area contributed by atoms with Crippen molar-refractivity contribution in [3.8, 4) is 0 Å². The van der Waals surface area contributed by atoms with Crippen LogP contribution >= 0.6 is 23.1 Å². The first-order chi connectivity index (χ1) is 9.76. The molecule has 2 fully saturated rings. The number of hydrogen-bond acceptors (Lipinski definition) is 4. The van der Waals surface area contributed by atoms with E-state index in [1.165, 1.54) is 46.8 Å². The van der Waals surface area contributed by atoms with Crippen molar-refractivity contribution in [2.24, 2.45) is 5.92 Å². The monoisotopic (exact) mass is 310 g/mol. The lowest BCUT2D eigenvalue weighted by Gasteiger charge is -2.39. The zero-order valence-electron chi connectivity index (χ0n) is 11.8. The van der Waals surface area contributed by atoms with Crippen LogP contribution in [0.5, 0.6) is 0 Å². The Morgan fingerprint density at radius 3 is 3.15 bits per heavy atom. The minimum Gasteiger partial charge on any atom is -0.387 e. The number of fused-ring (bicyclic) bond motifs is 1. The van der Waals surface area contributed by atoms with Gasteiger partial charge >= 0.3 is 0 Å². The lowest BCUT2D eigenvalue weighted by atomic mass is 9.82. The average molecular weight is 310 g/mol. The molecule has 1 aromatic heterocycles. The van der Waals surface area contributed by atoms with Crippen LogP contribution in [-0.2, 0) is 17.6 Å². The van der Waals surface area contributed by atoms with Crippen molar-refractivity contribution >= 4 is 23.1 Å². The molecule has 20 heavy (non-hydrogen) atoms. The molecule has 2 aliphatic heterocycles. The van der Waals surface area contributed by atoms with E-state index in [-0.39, 0.29) is 11.7 Å². The van der Waals surface area contributed by atoms with Crippen LogP contribution in [0.1, 0.15) is 47.1 Å². The fourth-order valence-corrected chi connectivity index (χ4v) is 6.64. The van der Waals surface area contributed by atoms with Gasteiger partial charge < -0.3 is 9.84 Å². The third-order valence-corrected chi connectivity index (χ3v) is 7.63. The summed E-state index contributed by atoms with van der Waals surface area (Å²) in [6.45, 7) is 0.827. The minimum atomic E-state index is -0.267. The Labute approximate surface area is 128 Å². The summed E-state index contributed by atoms with van der Waals surface area (Å²) in [6.07, 6.45) is 6.70. The summed E-state index contributed by atoms with van der Waals surface area (Å²) >= 11 is 3.86. The first-order valence-electron chi connectivity index (χ1n) is 7.77. The van der Waals surface area contributed by atoms with Crippen LogP contribution in [0.2, 0.25) is 0 Å². The molecule has 0 aromatic carbocycles. The number of thioether (sulfide) groups is 1. The van der Waals surface area contributed by atoms with Crippen molar-refractivity contribution in [1.82, 2.24) is 0 Å². The number of ether oxygens (including phenoxy) is 1. The van der Waals surface area contributed by atoms with E-state index in [2.05, 4.69) is 6.07 Å². The molecule has 1 aromatic rings. The summed E-state index contributed by atoms with van der Waals surface area (Å²) in [5, 5.41) is 10.8. The summed E-state index contributed by atoms with van der Waals surface area (Å²) in [5.74, 6) is 2.73. The van der Waals surface area contributed by atoms with Gasteiger partial charge in [0.2, 0.25) is 0 Å². The van der Waals surface area contributed by atoms with E-state index in [1.807, 2.05) is 23.1 Å². The largest absolute Gasteiger partial charge is 0.387 e. The van der Waals surface area contributed by atoms with Gasteiger partial charge in [0.05, 0.1) is 11.7 Å². The third kappa shape index (κ3) is 2.35. The van der Waals surface area contributed by atoms with Crippen molar-refractivity contribution in [3.63, 3.8) is 0 Å². The van der Waals surface area contributed by atoms with Gasteiger partial charge in [-0.3, -0.25) is 0 Å². The molecule has 3 heterocycles. The predicted octanol–water partition coefficient (Wildman–Crippen LogP) is 3.57. The summed E-state index contributed by atoms with van der Waals surface area (Å²) in [7, 11) is 0. The molecule has 4 rings (SSSR count). The number of aryl methyl sites for hydroxylation is 2. The normalized spacial score (nSPS) is 34.5. The highest BCUT2D eigenvalue weighted by Gasteiger charge is 2.42. The number of aliphatic hydroxyl groups excluding tert-OH is 1. The van der Waals surface area contributed by atoms with Crippen molar-refractivity contribution in [1.29, 1.82) is 0 Å². The van der Waals surface area contributed by atoms with Gasteiger partial charge in [-0.25, -0.2) is 0 Å². The van der Waals surface area contributed by atoms with Crippen LogP contribution in [0.4, 0.5) is 0 Å². The van der Waals surface area contributed by atoms with E-state index in [1.54, 1.807) is 0 Å². The van der Waals surface area contributed by atoms with Gasteiger partial charge in [0, 0.05) is 22.1 Å². The van der Waals surface area contributed by atoms with Crippen LogP contribution in [0.3, 0.4) is 0 Å². The second-order valence-corrected chi connectivity index (χ2v) is 8.76. The van der Waals surface area contributed by atoms with E-state index in [0.29, 0.717) is 5.92 Å². The number of hydrogen-bond donors (Lipinski definition) is 1. The Morgan fingerprint density at radius 1 is 1.40 bits per heavy atom. The maximum Gasteiger partial charge on any atom is 0.0912 e. The zero-order chi connectivity index (χ0) is 13.6. The lowest BCUT2D eigenvalue weighted by molar-refractivity contribution is -0.101. The molecule has 1 aliphatic carbocycles. The molecule has 3 unspecified atom stereocenters. The first-order valence-corrected chi connectivity index (χ1v) is 9.74. The Bertz CT molecular complexity index is 469. The number of rotatable bonds is 2. The molecule has 1 spiro atoms. The molecular formula is C16H22O2S2. The fraction of sp³-hybridized carbons (Fsp3) is 0.750. The van der Waals surface area contributed by atoms with Gasteiger partial charge in [-0.1, -0.05) is 0 Å². The van der Waals surface area contributed by atoms with Crippen LogP contribution in [0, 0.1) is 5.92 Å². The Morgan fingerprint density at radius 2 is 2.35 bits per heavy atom. The van der Waals surface area contributed by atoms with E-state index in [0.717, 1.165) is 25.2 Å². The molecule has 0 amide bonds. The van der Waals surface area contributed by atoms with Gasteiger partial charge in [-0.05, 0) is 61.8 Å². The highest BCUT2D eigenvalue weighted by Crippen LogP contribution is 2.45. The molecule has 1 N–H and O–H groups in total. The SMILES string of the molecule is OC(c1cc2c(s1)CCC2)C1CCOC2(CCSC2)C1. The average Bonchev–Trinajstić information content (AvgIpc) is 3.13. The van der Waals surface area contributed by atoms with E-state index in [4.69, 9.17) is 4.74 Å². The van der Waals surface area contributed by atoms with Gasteiger partial charge in [0.1, 0.15) is 0 Å². The Balaban J connectivity index is 1.51. The molecule has 0 bridgehead atoms. The third-order valence-electron chi connectivity index (χ3n) is 5.10. The minimum absolute atomic E-state index is 0.0779. The molecule has 0 saturated carbocycles. The summed E-state index contributed by atoms with van der Waals surface area (Å²) < 4.78 is 6.08. The van der Waals surface area contributed by atoms with Gasteiger partial charge in [-0.15, -0.1) is 11.3 Å². The first kappa shape index (κ1) is 13.6. The summed E-state index contributed by atoms with van der Waals surface area (Å²) in [4.78, 5) is 2.74. The van der Waals surface area contributed by atoms with Gasteiger partial charge in [0.15, 0.2) is 0 Å². The second-order valence-electron chi connectivity index (χ2n) is 6.48. The molecule has 4 heteroatoms. The topological polar surface area (TPSA) is 29.5 Å². The predicted molar refractivity (Wildman–Crippen MR) is 84.7 cm³/mol. The second kappa shape index (κ2) is 5.31. The van der Waals surface area contributed by atoms with Crippen LogP contribution < -0.4 is 0 Å². The Hall–Kier alpha value is -0.0300. The molecule has 2 nitrogen and oxygen atoms in total. The number of thiophene rings is 1. The fourth-order valence-electron chi connectivity index (χ4n) is 3.93. The highest BCUT2D eigenvalue weighted by atomic mass is 32.2. The summed E-state index contributed by atoms with van der Waals surface area (Å²) in [6, 6.07) is 2.28. The lowest BCUT2D eigenvalue weighted by Crippen LogP contribution is -2.41.